The van der Waals surface area contributed by atoms with Gasteiger partial charge in [0.1, 0.15) is 12.4 Å². The molecular weight excluding hydrogens is 527 g/mol. The van der Waals surface area contributed by atoms with Crippen molar-refractivity contribution < 1.29 is 37.0 Å². The molecule has 206 valence electrons. The van der Waals surface area contributed by atoms with Gasteiger partial charge in [-0.3, -0.25) is 4.79 Å². The molecule has 1 amide bonds. The average molecular weight is 556 g/mol. The number of halogens is 4. The van der Waals surface area contributed by atoms with Crippen LogP contribution in [0.3, 0.4) is 0 Å². The van der Waals surface area contributed by atoms with Crippen LogP contribution < -0.4 is 10.1 Å². The molecule has 2 aromatic rings. The number of benzene rings is 1. The van der Waals surface area contributed by atoms with E-state index in [9.17, 15) is 23.1 Å². The zero-order valence-corrected chi connectivity index (χ0v) is 21.4. The second kappa shape index (κ2) is 9.38. The van der Waals surface area contributed by atoms with Crippen LogP contribution in [-0.4, -0.2) is 51.7 Å². The highest BCUT2D eigenvalue weighted by molar-refractivity contribution is 6.30. The van der Waals surface area contributed by atoms with Crippen LogP contribution in [0.5, 0.6) is 5.75 Å². The highest BCUT2D eigenvalue weighted by atomic mass is 35.5. The van der Waals surface area contributed by atoms with E-state index in [1.54, 1.807) is 18.2 Å². The van der Waals surface area contributed by atoms with Crippen LogP contribution in [0.2, 0.25) is 5.02 Å². The predicted octanol–water partition coefficient (Wildman–Crippen LogP) is 4.89. The second-order valence-corrected chi connectivity index (χ2v) is 11.7. The number of rotatable bonds is 6. The smallest absolute Gasteiger partial charge is 0.411 e. The predicted molar refractivity (Wildman–Crippen MR) is 128 cm³/mol. The van der Waals surface area contributed by atoms with E-state index in [1.807, 2.05) is 0 Å². The summed E-state index contributed by atoms with van der Waals surface area (Å²) in [6, 6.07) is 5.00. The molecule has 4 saturated carbocycles. The van der Waals surface area contributed by atoms with E-state index in [0.717, 1.165) is 38.5 Å². The molecule has 7 rings (SSSR count). The molecule has 8 nitrogen and oxygen atoms in total. The number of hydrogen-bond acceptors (Lipinski definition) is 7. The zero-order chi connectivity index (χ0) is 26.7. The Morgan fingerprint density at radius 2 is 1.84 bits per heavy atom. The second-order valence-electron chi connectivity index (χ2n) is 11.3. The van der Waals surface area contributed by atoms with Gasteiger partial charge in [0, 0.05) is 33.9 Å². The van der Waals surface area contributed by atoms with Gasteiger partial charge in [0.2, 0.25) is 11.8 Å². The average Bonchev–Trinajstić information content (AvgIpc) is 3.34. The molecular formula is C26H29ClF3N3O5. The van der Waals surface area contributed by atoms with Crippen molar-refractivity contribution in [2.75, 3.05) is 6.61 Å². The maximum atomic E-state index is 13.2. The maximum Gasteiger partial charge on any atom is 0.411 e. The summed E-state index contributed by atoms with van der Waals surface area (Å²) in [5.41, 5.74) is 0.00135. The first-order valence-electron chi connectivity index (χ1n) is 13.0. The molecule has 1 aromatic carbocycles. The number of nitrogens with zero attached hydrogens (tertiary/aromatic N) is 2. The Morgan fingerprint density at radius 1 is 1.13 bits per heavy atom. The van der Waals surface area contributed by atoms with E-state index in [1.165, 1.54) is 0 Å². The third-order valence-electron chi connectivity index (χ3n) is 8.79. The van der Waals surface area contributed by atoms with E-state index >= 15 is 0 Å². The van der Waals surface area contributed by atoms with Gasteiger partial charge < -0.3 is 24.3 Å². The van der Waals surface area contributed by atoms with E-state index in [-0.39, 0.29) is 29.2 Å². The van der Waals surface area contributed by atoms with E-state index in [0.29, 0.717) is 41.0 Å². The number of ether oxygens (including phenoxy) is 2. The third kappa shape index (κ3) is 4.88. The Balaban J connectivity index is 1.04. The highest BCUT2D eigenvalue weighted by Crippen LogP contribution is 2.54. The third-order valence-corrected chi connectivity index (χ3v) is 9.02. The number of nitrogens with one attached hydrogen (secondary N) is 1. The van der Waals surface area contributed by atoms with Crippen molar-refractivity contribution in [3.05, 3.63) is 40.6 Å². The van der Waals surface area contributed by atoms with Crippen LogP contribution in [-0.2, 0) is 14.9 Å². The number of carbonyl (C=O) groups excluding carboxylic acids is 1. The molecule has 0 radical (unpaired) electrons. The summed E-state index contributed by atoms with van der Waals surface area (Å²) in [5, 5.41) is 22.8. The fourth-order valence-corrected chi connectivity index (χ4v) is 6.52. The van der Waals surface area contributed by atoms with Crippen molar-refractivity contribution in [1.29, 1.82) is 0 Å². The lowest BCUT2D eigenvalue weighted by molar-refractivity contribution is -0.194. The molecule has 0 saturated heterocycles. The van der Waals surface area contributed by atoms with Crippen molar-refractivity contribution in [1.82, 2.24) is 15.5 Å². The number of aromatic nitrogens is 2. The van der Waals surface area contributed by atoms with Crippen LogP contribution in [0.25, 0.3) is 0 Å². The van der Waals surface area contributed by atoms with Gasteiger partial charge >= 0.3 is 6.18 Å². The number of aliphatic hydroxyl groups is 1. The summed E-state index contributed by atoms with van der Waals surface area (Å²) in [5.74, 6) is 1.20. The Morgan fingerprint density at radius 3 is 2.53 bits per heavy atom. The SMILES string of the molecule is O=C(NC12CCC(c3nnc(C4CC(OCC(F)(F)F)C4)o3)(CC1)CC2)[C@H]1C[C@@H](O)c2cc(Cl)ccc2O1. The molecule has 38 heavy (non-hydrogen) atoms. The fraction of sp³-hybridized carbons (Fsp3) is 0.654. The lowest BCUT2D eigenvalue weighted by Gasteiger charge is -2.52. The van der Waals surface area contributed by atoms with Crippen LogP contribution >= 0.6 is 11.6 Å². The minimum atomic E-state index is -4.33. The summed E-state index contributed by atoms with van der Waals surface area (Å²) in [7, 11) is 0. The minimum Gasteiger partial charge on any atom is -0.480 e. The highest BCUT2D eigenvalue weighted by Gasteiger charge is 2.53. The first-order chi connectivity index (χ1) is 18.0. The fourth-order valence-electron chi connectivity index (χ4n) is 6.34. The molecule has 12 heteroatoms. The van der Waals surface area contributed by atoms with Gasteiger partial charge in [0.15, 0.2) is 6.10 Å². The zero-order valence-electron chi connectivity index (χ0n) is 20.6. The lowest BCUT2D eigenvalue weighted by Crippen LogP contribution is -2.60. The van der Waals surface area contributed by atoms with E-state index in [4.69, 9.17) is 25.5 Å². The van der Waals surface area contributed by atoms with Crippen molar-refractivity contribution in [3.8, 4) is 5.75 Å². The van der Waals surface area contributed by atoms with Crippen molar-refractivity contribution in [2.45, 2.75) is 99.1 Å². The summed E-state index contributed by atoms with van der Waals surface area (Å²) in [6.45, 7) is -1.24. The monoisotopic (exact) mass is 555 g/mol. The Bertz CT molecular complexity index is 1190. The van der Waals surface area contributed by atoms with Gasteiger partial charge in [-0.2, -0.15) is 13.2 Å². The Kier molecular flexibility index (Phi) is 6.39. The maximum absolute atomic E-state index is 13.2. The molecule has 0 unspecified atom stereocenters. The van der Waals surface area contributed by atoms with Crippen LogP contribution in [0, 0.1) is 0 Å². The standard InChI is InChI=1S/C26H29ClF3N3O5/c27-15-1-2-19-17(11-15)18(34)12-20(37-19)21(35)31-25-6-3-24(4-7-25,5-8-25)23-33-32-22(38-23)14-9-16(10-14)36-13-26(28,29)30/h1-2,11,14,16,18,20,34H,3-10,12-13H2,(H,31,35)/t14?,16?,18-,20-,24?,25?/m1/s1. The molecule has 0 spiro atoms. The van der Waals surface area contributed by atoms with E-state index in [2.05, 4.69) is 15.5 Å². The molecule has 2 N–H and O–H groups in total. The normalized spacial score (nSPS) is 34.2. The summed E-state index contributed by atoms with van der Waals surface area (Å²) < 4.78 is 53.9. The van der Waals surface area contributed by atoms with Crippen LogP contribution in [0.4, 0.5) is 13.2 Å². The topological polar surface area (TPSA) is 107 Å². The molecule has 2 bridgehead atoms. The van der Waals surface area contributed by atoms with Crippen molar-refractivity contribution in [2.24, 2.45) is 0 Å². The van der Waals surface area contributed by atoms with Gasteiger partial charge in [0.25, 0.3) is 5.91 Å². The van der Waals surface area contributed by atoms with Crippen molar-refractivity contribution in [3.63, 3.8) is 0 Å². The number of hydrogen-bond donors (Lipinski definition) is 2. The van der Waals surface area contributed by atoms with Gasteiger partial charge in [-0.1, -0.05) is 11.6 Å². The van der Waals surface area contributed by atoms with Crippen LogP contribution in [0.1, 0.15) is 87.2 Å². The quantitative estimate of drug-likeness (QED) is 0.522. The summed E-state index contributed by atoms with van der Waals surface area (Å²) in [6.07, 6.45) is -0.717. The van der Waals surface area contributed by atoms with Gasteiger partial charge in [-0.05, 0) is 69.6 Å². The molecule has 4 fully saturated rings. The minimum absolute atomic E-state index is 0.0801. The molecule has 5 aliphatic rings. The molecule has 1 aromatic heterocycles. The molecule has 2 atom stereocenters. The molecule has 2 heterocycles. The number of carbonyl (C=O) groups is 1. The number of fused-ring (bicyclic) bond motifs is 4. The Hall–Kier alpha value is -2.37. The van der Waals surface area contributed by atoms with E-state index < -0.39 is 31.1 Å². The van der Waals surface area contributed by atoms with Gasteiger partial charge in [-0.15, -0.1) is 10.2 Å². The lowest BCUT2D eigenvalue weighted by atomic mass is 9.57. The summed E-state index contributed by atoms with van der Waals surface area (Å²) >= 11 is 6.02. The largest absolute Gasteiger partial charge is 0.480 e. The van der Waals surface area contributed by atoms with Crippen molar-refractivity contribution >= 4 is 17.5 Å². The van der Waals surface area contributed by atoms with Gasteiger partial charge in [-0.25, -0.2) is 0 Å². The first-order valence-corrected chi connectivity index (χ1v) is 13.4. The molecule has 4 aliphatic carbocycles. The molecule has 1 aliphatic heterocycles. The number of aliphatic hydroxyl groups excluding tert-OH is 1. The van der Waals surface area contributed by atoms with Crippen LogP contribution in [0.15, 0.2) is 22.6 Å². The van der Waals surface area contributed by atoms with Gasteiger partial charge in [0.05, 0.1) is 12.2 Å². The number of alkyl halides is 3. The first kappa shape index (κ1) is 25.9. The number of amides is 1. The summed E-state index contributed by atoms with van der Waals surface area (Å²) in [4.78, 5) is 13.2. The Labute approximate surface area is 222 Å².